The van der Waals surface area contributed by atoms with Crippen LogP contribution in [-0.4, -0.2) is 20.0 Å². The van der Waals surface area contributed by atoms with E-state index in [1.807, 2.05) is 11.8 Å². The molecular formula is C29H54OSSi. The molecule has 0 heterocycles. The highest BCUT2D eigenvalue weighted by Crippen LogP contribution is 2.44. The van der Waals surface area contributed by atoms with Gasteiger partial charge in [-0.1, -0.05) is 133 Å². The molecule has 1 rings (SSSR count). The van der Waals surface area contributed by atoms with E-state index in [4.69, 9.17) is 0 Å². The van der Waals surface area contributed by atoms with E-state index in [0.29, 0.717) is 10.8 Å². The van der Waals surface area contributed by atoms with Gasteiger partial charge in [0.15, 0.2) is 0 Å². The van der Waals surface area contributed by atoms with Gasteiger partial charge in [0, 0.05) is 20.0 Å². The molecule has 186 valence electrons. The van der Waals surface area contributed by atoms with Crippen molar-refractivity contribution in [2.75, 3.05) is 5.38 Å². The van der Waals surface area contributed by atoms with Gasteiger partial charge < -0.3 is 5.11 Å². The monoisotopic (exact) mass is 478 g/mol. The number of thioether (sulfide) groups is 1. The molecule has 0 unspecified atom stereocenters. The minimum Gasteiger partial charge on any atom is -0.507 e. The predicted octanol–water partition coefficient (Wildman–Crippen LogP) is 9.33. The highest BCUT2D eigenvalue weighted by Gasteiger charge is 2.28. The maximum Gasteiger partial charge on any atom is 0.124 e. The maximum absolute atomic E-state index is 11.1. The summed E-state index contributed by atoms with van der Waals surface area (Å²) in [6.45, 7) is 20.5. The first-order chi connectivity index (χ1) is 14.8. The summed E-state index contributed by atoms with van der Waals surface area (Å²) in [5.74, 6) is 0.519. The molecule has 0 fully saturated rings. The predicted molar refractivity (Wildman–Crippen MR) is 151 cm³/mol. The molecule has 1 aromatic carbocycles. The van der Waals surface area contributed by atoms with Crippen molar-refractivity contribution in [1.29, 1.82) is 0 Å². The van der Waals surface area contributed by atoms with Crippen LogP contribution in [0.1, 0.15) is 138 Å². The van der Waals surface area contributed by atoms with Crippen molar-refractivity contribution in [3.8, 4) is 5.75 Å². The number of unbranched alkanes of at least 4 members (excludes halogenated alkanes) is 8. The van der Waals surface area contributed by atoms with E-state index in [1.165, 1.54) is 74.5 Å². The van der Waals surface area contributed by atoms with Gasteiger partial charge in [-0.25, -0.2) is 0 Å². The van der Waals surface area contributed by atoms with Crippen LogP contribution in [0.5, 0.6) is 5.75 Å². The van der Waals surface area contributed by atoms with Gasteiger partial charge in [0.2, 0.25) is 0 Å². The molecule has 1 N–H and O–H groups in total. The lowest BCUT2D eigenvalue weighted by Gasteiger charge is -2.29. The molecular weight excluding hydrogens is 424 g/mol. The number of rotatable bonds is 14. The molecule has 0 spiro atoms. The van der Waals surface area contributed by atoms with E-state index in [9.17, 15) is 5.11 Å². The molecule has 0 aliphatic heterocycles. The van der Waals surface area contributed by atoms with Gasteiger partial charge in [-0.3, -0.25) is 0 Å². The van der Waals surface area contributed by atoms with Crippen molar-refractivity contribution in [1.82, 2.24) is 0 Å². The van der Waals surface area contributed by atoms with Crippen LogP contribution in [0.25, 0.3) is 0 Å². The topological polar surface area (TPSA) is 20.2 Å². The zero-order chi connectivity index (χ0) is 24.4. The fourth-order valence-electron chi connectivity index (χ4n) is 4.50. The highest BCUT2D eigenvalue weighted by molar-refractivity contribution is 8.00. The largest absolute Gasteiger partial charge is 0.507 e. The van der Waals surface area contributed by atoms with E-state index < -0.39 is 0 Å². The smallest absolute Gasteiger partial charge is 0.124 e. The van der Waals surface area contributed by atoms with Gasteiger partial charge in [-0.05, 0) is 32.9 Å². The zero-order valence-corrected chi connectivity index (χ0v) is 25.2. The summed E-state index contributed by atoms with van der Waals surface area (Å²) in [5, 5.41) is 12.9. The average molecular weight is 479 g/mol. The van der Waals surface area contributed by atoms with Crippen molar-refractivity contribution in [2.24, 2.45) is 0 Å². The third-order valence-electron chi connectivity index (χ3n) is 6.69. The van der Waals surface area contributed by atoms with Crippen molar-refractivity contribution in [3.63, 3.8) is 0 Å². The first-order valence-corrected chi connectivity index (χ1v) is 16.0. The zero-order valence-electron chi connectivity index (χ0n) is 23.0. The standard InChI is InChI=1S/C29H54OSSi/c1-10-11-12-13-14-15-16-17-18-21-29(8,9)32-22-31-24-20-19-23(27(2,3)4)26(30)25(24)28(5,6)7/h19-20,30H,10-18,21-22,32H2,1-9H3. The Hall–Kier alpha value is -0.413. The molecule has 0 radical (unpaired) electrons. The average Bonchev–Trinajstić information content (AvgIpc) is 2.64. The number of aromatic hydroxyl groups is 1. The number of benzene rings is 1. The molecule has 0 amide bonds. The second-order valence-electron chi connectivity index (χ2n) is 12.7. The minimum atomic E-state index is -0.186. The van der Waals surface area contributed by atoms with Gasteiger partial charge in [0.05, 0.1) is 0 Å². The maximum atomic E-state index is 11.1. The van der Waals surface area contributed by atoms with Crippen molar-refractivity contribution < 1.29 is 5.11 Å². The summed E-state index contributed by atoms with van der Waals surface area (Å²) in [7, 11) is -0.186. The third kappa shape index (κ3) is 10.7. The van der Waals surface area contributed by atoms with E-state index >= 15 is 0 Å². The molecule has 1 nitrogen and oxygen atoms in total. The normalized spacial score (nSPS) is 13.4. The van der Waals surface area contributed by atoms with Crippen molar-refractivity contribution >= 4 is 21.3 Å². The van der Waals surface area contributed by atoms with E-state index in [1.54, 1.807) is 0 Å². The highest BCUT2D eigenvalue weighted by atomic mass is 32.2. The number of hydrogen-bond acceptors (Lipinski definition) is 2. The van der Waals surface area contributed by atoms with E-state index in [-0.39, 0.29) is 20.3 Å². The van der Waals surface area contributed by atoms with Crippen LogP contribution in [0.4, 0.5) is 0 Å². The second kappa shape index (κ2) is 13.5. The molecule has 1 aromatic rings. The van der Waals surface area contributed by atoms with Gasteiger partial charge in [-0.2, -0.15) is 0 Å². The summed E-state index contributed by atoms with van der Waals surface area (Å²) >= 11 is 1.99. The first-order valence-electron chi connectivity index (χ1n) is 13.3. The number of phenols is 1. The second-order valence-corrected chi connectivity index (χ2v) is 17.5. The van der Waals surface area contributed by atoms with Crippen LogP contribution in [0.2, 0.25) is 5.04 Å². The number of hydrogen-bond donors (Lipinski definition) is 1. The SMILES string of the molecule is CCCCCCCCCCCC(C)(C)[SiH2]CSc1ccc(C(C)(C)C)c(O)c1C(C)(C)C. The third-order valence-corrected chi connectivity index (χ3v) is 10.7. The van der Waals surface area contributed by atoms with Gasteiger partial charge in [0.25, 0.3) is 0 Å². The molecule has 0 saturated heterocycles. The van der Waals surface area contributed by atoms with Gasteiger partial charge in [0.1, 0.15) is 5.75 Å². The molecule has 0 atom stereocenters. The Balaban J connectivity index is 2.53. The molecule has 0 saturated carbocycles. The van der Waals surface area contributed by atoms with Gasteiger partial charge >= 0.3 is 0 Å². The fourth-order valence-corrected chi connectivity index (χ4v) is 9.21. The van der Waals surface area contributed by atoms with Crippen LogP contribution < -0.4 is 0 Å². The summed E-state index contributed by atoms with van der Waals surface area (Å²) in [4.78, 5) is 1.29. The Morgan fingerprint density at radius 1 is 0.750 bits per heavy atom. The molecule has 0 aliphatic carbocycles. The van der Waals surface area contributed by atoms with Crippen LogP contribution in [0.15, 0.2) is 17.0 Å². The Kier molecular flexibility index (Phi) is 12.5. The Labute approximate surface area is 207 Å². The van der Waals surface area contributed by atoms with Crippen LogP contribution in [0, 0.1) is 0 Å². The summed E-state index contributed by atoms with van der Waals surface area (Å²) in [5.41, 5.74) is 2.11. The quantitative estimate of drug-likeness (QED) is 0.163. The van der Waals surface area contributed by atoms with Crippen LogP contribution in [0.3, 0.4) is 0 Å². The lowest BCUT2D eigenvalue weighted by Crippen LogP contribution is -2.19. The van der Waals surface area contributed by atoms with Crippen LogP contribution in [-0.2, 0) is 10.8 Å². The van der Waals surface area contributed by atoms with E-state index in [0.717, 1.165) is 11.1 Å². The molecule has 32 heavy (non-hydrogen) atoms. The molecule has 0 bridgehead atoms. The Bertz CT molecular complexity index is 667. The molecule has 0 aliphatic rings. The fraction of sp³-hybridized carbons (Fsp3) is 0.793. The van der Waals surface area contributed by atoms with Crippen molar-refractivity contribution in [3.05, 3.63) is 23.3 Å². The first kappa shape index (κ1) is 29.6. The Morgan fingerprint density at radius 2 is 1.28 bits per heavy atom. The molecule has 0 aromatic heterocycles. The summed E-state index contributed by atoms with van der Waals surface area (Å²) in [6.07, 6.45) is 14.1. The van der Waals surface area contributed by atoms with Crippen molar-refractivity contribution in [2.45, 2.75) is 147 Å². The Morgan fingerprint density at radius 3 is 1.78 bits per heavy atom. The summed E-state index contributed by atoms with van der Waals surface area (Å²) < 4.78 is 0. The number of phenolic OH excluding ortho intramolecular Hbond substituents is 1. The minimum absolute atomic E-state index is 0.0421. The molecule has 3 heteroatoms. The lowest BCUT2D eigenvalue weighted by atomic mass is 9.79. The summed E-state index contributed by atoms with van der Waals surface area (Å²) in [6, 6.07) is 4.43. The van der Waals surface area contributed by atoms with Gasteiger partial charge in [-0.15, -0.1) is 11.8 Å². The lowest BCUT2D eigenvalue weighted by molar-refractivity contribution is 0.419. The van der Waals surface area contributed by atoms with Crippen LogP contribution >= 0.6 is 11.8 Å². The van der Waals surface area contributed by atoms with E-state index in [2.05, 4.69) is 74.4 Å².